The lowest BCUT2D eigenvalue weighted by molar-refractivity contribution is 1.16. The fraction of sp³-hybridized carbons (Fsp3) is 1.00. The summed E-state index contributed by atoms with van der Waals surface area (Å²) in [6.07, 6.45) is 2.17. The summed E-state index contributed by atoms with van der Waals surface area (Å²) in [5, 5.41) is 0. The highest BCUT2D eigenvalue weighted by Gasteiger charge is 1.91. The molecule has 44 valence electrons. The first kappa shape index (κ1) is 7.74. The molecule has 0 aliphatic heterocycles. The summed E-state index contributed by atoms with van der Waals surface area (Å²) in [6.45, 7) is 4.68. The third-order valence-corrected chi connectivity index (χ3v) is 8.67. The van der Waals surface area contributed by atoms with Crippen molar-refractivity contribution in [3.05, 3.63) is 0 Å². The summed E-state index contributed by atoms with van der Waals surface area (Å²) >= 11 is 1.93. The van der Waals surface area contributed by atoms with Crippen LogP contribution in [-0.4, -0.2) is 29.3 Å². The maximum atomic E-state index is 2.57. The molecule has 0 fully saturated rings. The van der Waals surface area contributed by atoms with Gasteiger partial charge in [-0.05, 0) is 6.26 Å². The van der Waals surface area contributed by atoms with Crippen LogP contribution in [0.25, 0.3) is 0 Å². The molecule has 0 aromatic heterocycles. The van der Waals surface area contributed by atoms with Crippen molar-refractivity contribution in [1.82, 2.24) is 3.64 Å². The molecule has 0 amide bonds. The minimum absolute atomic E-state index is 0.186. The average molecular weight is 151 g/mol. The largest absolute Gasteiger partial charge is 0.304 e. The lowest BCUT2D eigenvalue weighted by Gasteiger charge is -2.11. The SMILES string of the molecule is C[SiH2]N([SiH2]C)SC. The van der Waals surface area contributed by atoms with Gasteiger partial charge in [-0.25, -0.2) is 0 Å². The lowest BCUT2D eigenvalue weighted by Crippen LogP contribution is -2.19. The number of hydrogen-bond donors (Lipinski definition) is 0. The van der Waals surface area contributed by atoms with Gasteiger partial charge in [-0.15, -0.1) is 0 Å². The zero-order valence-corrected chi connectivity index (χ0v) is 8.91. The third kappa shape index (κ3) is 3.34. The van der Waals surface area contributed by atoms with E-state index < -0.39 is 0 Å². The second-order valence-electron chi connectivity index (χ2n) is 1.30. The van der Waals surface area contributed by atoms with Gasteiger partial charge in [0.25, 0.3) is 0 Å². The van der Waals surface area contributed by atoms with E-state index in [0.717, 1.165) is 0 Å². The van der Waals surface area contributed by atoms with Crippen molar-refractivity contribution in [2.75, 3.05) is 6.26 Å². The van der Waals surface area contributed by atoms with Gasteiger partial charge >= 0.3 is 0 Å². The molecule has 0 aliphatic rings. The van der Waals surface area contributed by atoms with E-state index in [0.29, 0.717) is 0 Å². The van der Waals surface area contributed by atoms with Crippen LogP contribution in [0, 0.1) is 0 Å². The van der Waals surface area contributed by atoms with E-state index in [9.17, 15) is 0 Å². The first-order chi connectivity index (χ1) is 3.35. The topological polar surface area (TPSA) is 3.24 Å². The van der Waals surface area contributed by atoms with Gasteiger partial charge < -0.3 is 3.64 Å². The van der Waals surface area contributed by atoms with Crippen molar-refractivity contribution in [3.8, 4) is 0 Å². The first-order valence-electron chi connectivity index (χ1n) is 2.64. The van der Waals surface area contributed by atoms with Crippen molar-refractivity contribution in [1.29, 1.82) is 0 Å². The average Bonchev–Trinajstić information content (AvgIpc) is 1.72. The van der Waals surface area contributed by atoms with E-state index in [2.05, 4.69) is 23.0 Å². The summed E-state index contributed by atoms with van der Waals surface area (Å²) in [5.41, 5.74) is 0. The van der Waals surface area contributed by atoms with Gasteiger partial charge in [0.1, 0.15) is 0 Å². The van der Waals surface area contributed by atoms with Crippen LogP contribution < -0.4 is 0 Å². The van der Waals surface area contributed by atoms with Crippen LogP contribution in [0.3, 0.4) is 0 Å². The third-order valence-electron chi connectivity index (χ3n) is 0.964. The van der Waals surface area contributed by atoms with E-state index in [1.165, 1.54) is 0 Å². The molecule has 0 saturated carbocycles. The van der Waals surface area contributed by atoms with Crippen LogP contribution in [0.15, 0.2) is 0 Å². The van der Waals surface area contributed by atoms with E-state index in [1.807, 2.05) is 11.9 Å². The van der Waals surface area contributed by atoms with Gasteiger partial charge in [0.2, 0.25) is 0 Å². The van der Waals surface area contributed by atoms with Crippen molar-refractivity contribution < 1.29 is 0 Å². The molecule has 1 nitrogen and oxygen atoms in total. The van der Waals surface area contributed by atoms with Crippen LogP contribution in [0.4, 0.5) is 0 Å². The molecule has 4 heteroatoms. The molecule has 0 radical (unpaired) electrons. The number of hydrogen-bond acceptors (Lipinski definition) is 2. The van der Waals surface area contributed by atoms with Gasteiger partial charge in [-0.1, -0.05) is 25.0 Å². The van der Waals surface area contributed by atoms with Crippen LogP contribution in [0.5, 0.6) is 0 Å². The van der Waals surface area contributed by atoms with Crippen molar-refractivity contribution in [3.63, 3.8) is 0 Å². The zero-order valence-electron chi connectivity index (χ0n) is 5.27. The highest BCUT2D eigenvalue weighted by atomic mass is 32.2. The van der Waals surface area contributed by atoms with E-state index in [1.54, 1.807) is 0 Å². The van der Waals surface area contributed by atoms with E-state index >= 15 is 0 Å². The second kappa shape index (κ2) is 4.89. The lowest BCUT2D eigenvalue weighted by atomic mass is 11.9. The first-order valence-corrected chi connectivity index (χ1v) is 7.91. The minimum atomic E-state index is 0.186. The van der Waals surface area contributed by atoms with Gasteiger partial charge in [0.15, 0.2) is 0 Å². The fourth-order valence-corrected chi connectivity index (χ4v) is 4.34. The van der Waals surface area contributed by atoms with Gasteiger partial charge in [-0.3, -0.25) is 0 Å². The smallest absolute Gasteiger partial charge is 0.0957 e. The Morgan fingerprint density at radius 3 is 1.71 bits per heavy atom. The summed E-state index contributed by atoms with van der Waals surface area (Å²) in [5.74, 6) is 0. The van der Waals surface area contributed by atoms with Crippen molar-refractivity contribution >= 4 is 31.3 Å². The van der Waals surface area contributed by atoms with Crippen LogP contribution >= 0.6 is 11.9 Å². The Morgan fingerprint density at radius 1 is 1.29 bits per heavy atom. The molecule has 7 heavy (non-hydrogen) atoms. The Bertz CT molecular complexity index is 34.4. The molecule has 0 N–H and O–H groups in total. The maximum Gasteiger partial charge on any atom is 0.0957 e. The maximum absolute atomic E-state index is 2.57. The number of nitrogens with zero attached hydrogens (tertiary/aromatic N) is 1. The Kier molecular flexibility index (Phi) is 5.41. The number of rotatable bonds is 3. The van der Waals surface area contributed by atoms with E-state index in [-0.39, 0.29) is 19.4 Å². The Hall–Kier alpha value is 0.744. The molecule has 0 heterocycles. The van der Waals surface area contributed by atoms with Crippen LogP contribution in [-0.2, 0) is 0 Å². The van der Waals surface area contributed by atoms with E-state index in [4.69, 9.17) is 0 Å². The van der Waals surface area contributed by atoms with Crippen molar-refractivity contribution in [2.24, 2.45) is 0 Å². The molecular formula is C3H13NSSi2. The molecule has 0 bridgehead atoms. The monoisotopic (exact) mass is 151 g/mol. The normalized spacial score (nSPS) is 13.7. The highest BCUT2D eigenvalue weighted by molar-refractivity contribution is 7.98. The van der Waals surface area contributed by atoms with Gasteiger partial charge in [-0.2, -0.15) is 0 Å². The predicted molar refractivity (Wildman–Crippen MR) is 44.2 cm³/mol. The molecule has 0 aliphatic carbocycles. The standard InChI is InChI=1S/C3H13NSSi2/c1-5-4(6-2)7-3/h6-7H2,1-3H3. The predicted octanol–water partition coefficient (Wildman–Crippen LogP) is -0.170. The van der Waals surface area contributed by atoms with Crippen molar-refractivity contribution in [2.45, 2.75) is 13.1 Å². The minimum Gasteiger partial charge on any atom is -0.304 e. The van der Waals surface area contributed by atoms with Crippen LogP contribution in [0.1, 0.15) is 0 Å². The molecular weight excluding hydrogens is 138 g/mol. The van der Waals surface area contributed by atoms with Crippen LogP contribution in [0.2, 0.25) is 13.1 Å². The van der Waals surface area contributed by atoms with Gasteiger partial charge in [0.05, 0.1) is 19.4 Å². The molecule has 0 atom stereocenters. The summed E-state index contributed by atoms with van der Waals surface area (Å²) < 4.78 is 2.57. The molecule has 0 aromatic carbocycles. The van der Waals surface area contributed by atoms with Gasteiger partial charge in [0, 0.05) is 0 Å². The highest BCUT2D eigenvalue weighted by Crippen LogP contribution is 1.97. The fourth-order valence-electron chi connectivity index (χ4n) is 0.482. The molecule has 0 spiro atoms. The summed E-state index contributed by atoms with van der Waals surface area (Å²) in [7, 11) is 0.372. The molecule has 0 rings (SSSR count). The Morgan fingerprint density at radius 2 is 1.71 bits per heavy atom. The quantitative estimate of drug-likeness (QED) is 0.407. The molecule has 0 aromatic rings. The Labute approximate surface area is 54.8 Å². The Balaban J connectivity index is 2.99. The summed E-state index contributed by atoms with van der Waals surface area (Å²) in [6, 6.07) is 0. The zero-order chi connectivity index (χ0) is 5.70. The molecule has 0 saturated heterocycles. The summed E-state index contributed by atoms with van der Waals surface area (Å²) in [4.78, 5) is 0. The second-order valence-corrected chi connectivity index (χ2v) is 6.78. The molecule has 0 unspecified atom stereocenters.